The Labute approximate surface area is 210 Å². The van der Waals surface area contributed by atoms with Crippen LogP contribution in [-0.4, -0.2) is 35.1 Å². The first kappa shape index (κ1) is 26.1. The number of amides is 1. The van der Waals surface area contributed by atoms with E-state index in [2.05, 4.69) is 15.3 Å². The minimum absolute atomic E-state index is 0.105. The molecule has 1 aliphatic carbocycles. The van der Waals surface area contributed by atoms with Crippen molar-refractivity contribution in [3.63, 3.8) is 0 Å². The molecule has 1 atom stereocenters. The van der Waals surface area contributed by atoms with E-state index < -0.39 is 48.9 Å². The van der Waals surface area contributed by atoms with Crippen LogP contribution in [0.5, 0.6) is 0 Å². The number of rotatable bonds is 5. The molecule has 190 valence electrons. The fraction of sp³-hybridized carbons (Fsp3) is 0.476. The molecule has 0 spiro atoms. The van der Waals surface area contributed by atoms with Crippen LogP contribution in [0.2, 0.25) is 15.1 Å². The summed E-state index contributed by atoms with van der Waals surface area (Å²) in [7, 11) is 0. The van der Waals surface area contributed by atoms with Crippen LogP contribution in [0.3, 0.4) is 0 Å². The van der Waals surface area contributed by atoms with E-state index in [1.807, 2.05) is 0 Å². The number of hydrogen-bond donors (Lipinski definition) is 1. The second-order valence-corrected chi connectivity index (χ2v) is 9.73. The van der Waals surface area contributed by atoms with E-state index in [1.165, 1.54) is 0 Å². The molecule has 1 saturated heterocycles. The quantitative estimate of drug-likeness (QED) is 0.349. The summed E-state index contributed by atoms with van der Waals surface area (Å²) in [6.07, 6.45) is -7.96. The van der Waals surface area contributed by atoms with E-state index in [1.54, 1.807) is 0 Å². The number of nitrogens with one attached hydrogen (secondary N) is 1. The van der Waals surface area contributed by atoms with Crippen molar-refractivity contribution >= 4 is 46.7 Å². The third-order valence-corrected chi connectivity index (χ3v) is 7.35. The maximum Gasteiger partial charge on any atom is 0.433 e. The first-order valence-electron chi connectivity index (χ1n) is 10.4. The zero-order valence-corrected chi connectivity index (χ0v) is 20.0. The standard InChI is InChI=1S/C21H17Cl3F6N4O/c22-13-5-12(6-14(23)15(13)24)19(21(28,29)30)3-4-34(9-19)18-32-8-11(16(33-18)20(25,26)27)7-31-17(35)10-1-2-10/h5-6,8,10H,1-4,7,9H2,(H,31,35). The van der Waals surface area contributed by atoms with E-state index in [0.29, 0.717) is 12.8 Å². The molecule has 0 radical (unpaired) electrons. The van der Waals surface area contributed by atoms with Crippen LogP contribution in [-0.2, 0) is 22.9 Å². The van der Waals surface area contributed by atoms with Gasteiger partial charge in [-0.2, -0.15) is 26.3 Å². The van der Waals surface area contributed by atoms with Crippen molar-refractivity contribution < 1.29 is 31.1 Å². The molecule has 1 aliphatic heterocycles. The van der Waals surface area contributed by atoms with Gasteiger partial charge < -0.3 is 10.2 Å². The Morgan fingerprint density at radius 3 is 2.29 bits per heavy atom. The molecule has 5 nitrogen and oxygen atoms in total. The fourth-order valence-corrected chi connectivity index (χ4v) is 4.64. The summed E-state index contributed by atoms with van der Waals surface area (Å²) in [5.74, 6) is -1.08. The minimum atomic E-state index is -4.91. The van der Waals surface area contributed by atoms with Crippen LogP contribution >= 0.6 is 34.8 Å². The summed E-state index contributed by atoms with van der Waals surface area (Å²) < 4.78 is 84.1. The zero-order chi connectivity index (χ0) is 25.8. The Morgan fingerprint density at radius 2 is 1.74 bits per heavy atom. The maximum atomic E-state index is 14.3. The van der Waals surface area contributed by atoms with Crippen molar-refractivity contribution in [3.8, 4) is 0 Å². The molecule has 2 heterocycles. The van der Waals surface area contributed by atoms with E-state index in [0.717, 1.165) is 23.2 Å². The number of anilines is 1. The average molecular weight is 562 g/mol. The van der Waals surface area contributed by atoms with Crippen LogP contribution in [0, 0.1) is 5.92 Å². The van der Waals surface area contributed by atoms with Crippen molar-refractivity contribution in [3.05, 3.63) is 50.2 Å². The number of aromatic nitrogens is 2. The third kappa shape index (κ3) is 5.13. The molecule has 1 N–H and O–H groups in total. The van der Waals surface area contributed by atoms with Crippen molar-refractivity contribution in [2.75, 3.05) is 18.0 Å². The maximum absolute atomic E-state index is 14.3. The van der Waals surface area contributed by atoms with Gasteiger partial charge in [0.25, 0.3) is 0 Å². The van der Waals surface area contributed by atoms with Gasteiger partial charge in [0.15, 0.2) is 5.69 Å². The third-order valence-electron chi connectivity index (χ3n) is 6.15. The molecule has 1 aromatic carbocycles. The van der Waals surface area contributed by atoms with Gasteiger partial charge in [0, 0.05) is 37.3 Å². The zero-order valence-electron chi connectivity index (χ0n) is 17.7. The van der Waals surface area contributed by atoms with Crippen LogP contribution in [0.1, 0.15) is 36.1 Å². The van der Waals surface area contributed by atoms with Crippen molar-refractivity contribution in [2.24, 2.45) is 5.92 Å². The fourth-order valence-electron chi connectivity index (χ4n) is 4.04. The summed E-state index contributed by atoms with van der Waals surface area (Å²) in [5.41, 5.74) is -4.44. The number of carbonyl (C=O) groups excluding carboxylic acids is 1. The first-order valence-corrected chi connectivity index (χ1v) is 11.5. The number of hydrogen-bond acceptors (Lipinski definition) is 4. The molecule has 1 saturated carbocycles. The second-order valence-electron chi connectivity index (χ2n) is 8.54. The molecule has 2 aliphatic rings. The van der Waals surface area contributed by atoms with Gasteiger partial charge in [-0.1, -0.05) is 34.8 Å². The molecule has 4 rings (SSSR count). The van der Waals surface area contributed by atoms with Gasteiger partial charge >= 0.3 is 12.4 Å². The molecule has 35 heavy (non-hydrogen) atoms. The topological polar surface area (TPSA) is 58.1 Å². The number of halogens is 9. The Kier molecular flexibility index (Phi) is 6.82. The molecule has 14 heteroatoms. The molecule has 2 aromatic rings. The SMILES string of the molecule is O=C(NCc1cnc(N2CCC(c3cc(Cl)c(Cl)c(Cl)c3)(C(F)(F)F)C2)nc1C(F)(F)F)C1CC1. The molecule has 1 unspecified atom stereocenters. The number of nitrogens with zero attached hydrogens (tertiary/aromatic N) is 3. The van der Waals surface area contributed by atoms with E-state index in [9.17, 15) is 31.1 Å². The highest BCUT2D eigenvalue weighted by Crippen LogP contribution is 2.50. The normalized spacial score (nSPS) is 20.9. The lowest BCUT2D eigenvalue weighted by Crippen LogP contribution is -2.45. The molecule has 1 aromatic heterocycles. The van der Waals surface area contributed by atoms with Crippen molar-refractivity contribution in [2.45, 2.75) is 43.6 Å². The van der Waals surface area contributed by atoms with Gasteiger partial charge in [0.05, 0.1) is 15.1 Å². The number of alkyl halides is 6. The number of carbonyl (C=O) groups is 1. The molecular formula is C21H17Cl3F6N4O. The lowest BCUT2D eigenvalue weighted by atomic mass is 9.79. The predicted molar refractivity (Wildman–Crippen MR) is 118 cm³/mol. The molecule has 0 bridgehead atoms. The van der Waals surface area contributed by atoms with Gasteiger partial charge in [-0.05, 0) is 37.0 Å². The Bertz CT molecular complexity index is 1130. The van der Waals surface area contributed by atoms with Crippen LogP contribution in [0.4, 0.5) is 32.3 Å². The first-order chi connectivity index (χ1) is 16.2. The van der Waals surface area contributed by atoms with Gasteiger partial charge in [0.2, 0.25) is 11.9 Å². The van der Waals surface area contributed by atoms with E-state index in [-0.39, 0.29) is 44.6 Å². The van der Waals surface area contributed by atoms with Gasteiger partial charge in [-0.15, -0.1) is 0 Å². The Hall–Kier alpha value is -1.98. The van der Waals surface area contributed by atoms with E-state index in [4.69, 9.17) is 34.8 Å². The summed E-state index contributed by atoms with van der Waals surface area (Å²) in [4.78, 5) is 20.3. The minimum Gasteiger partial charge on any atom is -0.352 e. The molecular weight excluding hydrogens is 545 g/mol. The van der Waals surface area contributed by atoms with Gasteiger partial charge in [-0.25, -0.2) is 9.97 Å². The summed E-state index contributed by atoms with van der Waals surface area (Å²) in [6, 6.07) is 2.11. The predicted octanol–water partition coefficient (Wildman–Crippen LogP) is 6.19. The second kappa shape index (κ2) is 9.15. The highest BCUT2D eigenvalue weighted by molar-refractivity contribution is 6.48. The smallest absolute Gasteiger partial charge is 0.352 e. The lowest BCUT2D eigenvalue weighted by Gasteiger charge is -2.32. The Balaban J connectivity index is 1.65. The van der Waals surface area contributed by atoms with Crippen molar-refractivity contribution in [1.29, 1.82) is 0 Å². The van der Waals surface area contributed by atoms with Gasteiger partial charge in [-0.3, -0.25) is 4.79 Å². The Morgan fingerprint density at radius 1 is 1.11 bits per heavy atom. The highest BCUT2D eigenvalue weighted by Gasteiger charge is 2.59. The molecule has 1 amide bonds. The van der Waals surface area contributed by atoms with E-state index >= 15 is 0 Å². The largest absolute Gasteiger partial charge is 0.433 e. The summed E-state index contributed by atoms with van der Waals surface area (Å²) in [6.45, 7) is -1.47. The summed E-state index contributed by atoms with van der Waals surface area (Å²) >= 11 is 17.8. The monoisotopic (exact) mass is 560 g/mol. The van der Waals surface area contributed by atoms with Crippen LogP contribution in [0.25, 0.3) is 0 Å². The average Bonchev–Trinajstić information content (AvgIpc) is 3.51. The van der Waals surface area contributed by atoms with Crippen LogP contribution < -0.4 is 10.2 Å². The van der Waals surface area contributed by atoms with Gasteiger partial charge in [0.1, 0.15) is 5.41 Å². The highest BCUT2D eigenvalue weighted by atomic mass is 35.5. The van der Waals surface area contributed by atoms with Crippen LogP contribution in [0.15, 0.2) is 18.3 Å². The molecule has 2 fully saturated rings. The summed E-state index contributed by atoms with van der Waals surface area (Å²) in [5, 5.41) is 1.96. The number of benzene rings is 1. The lowest BCUT2D eigenvalue weighted by molar-refractivity contribution is -0.184. The van der Waals surface area contributed by atoms with Crippen molar-refractivity contribution in [1.82, 2.24) is 15.3 Å².